The van der Waals surface area contributed by atoms with Gasteiger partial charge >= 0.3 is 0 Å². The highest BCUT2D eigenvalue weighted by Gasteiger charge is 2.15. The van der Waals surface area contributed by atoms with E-state index in [1.54, 1.807) is 5.70 Å². The van der Waals surface area contributed by atoms with Crippen molar-refractivity contribution in [3.05, 3.63) is 11.8 Å². The minimum absolute atomic E-state index is 0.371. The van der Waals surface area contributed by atoms with Crippen molar-refractivity contribution >= 4 is 0 Å². The maximum atomic E-state index is 3.33. The molecule has 1 fully saturated rings. The van der Waals surface area contributed by atoms with E-state index in [1.165, 1.54) is 57.9 Å². The van der Waals surface area contributed by atoms with Gasteiger partial charge in [-0.25, -0.2) is 0 Å². The number of hydrogen-bond acceptors (Lipinski definition) is 1. The van der Waals surface area contributed by atoms with Gasteiger partial charge in [0.1, 0.15) is 0 Å². The van der Waals surface area contributed by atoms with Crippen LogP contribution in [0.3, 0.4) is 0 Å². The molecule has 1 aliphatic rings. The summed E-state index contributed by atoms with van der Waals surface area (Å²) in [5, 5.41) is 0. The molecule has 0 amide bonds. The van der Waals surface area contributed by atoms with E-state index in [9.17, 15) is 0 Å². The fraction of sp³-hybridized carbons (Fsp3) is 0.765. The van der Waals surface area contributed by atoms with Crippen LogP contribution in [0.15, 0.2) is 11.8 Å². The summed E-state index contributed by atoms with van der Waals surface area (Å²) >= 11 is 0. The van der Waals surface area contributed by atoms with E-state index >= 15 is 0 Å². The summed E-state index contributed by atoms with van der Waals surface area (Å²) in [6.07, 6.45) is 13.0. The predicted octanol–water partition coefficient (Wildman–Crippen LogP) is 4.74. The van der Waals surface area contributed by atoms with Crippen molar-refractivity contribution in [1.82, 2.24) is 4.90 Å². The van der Waals surface area contributed by atoms with Crippen LogP contribution < -0.4 is 0 Å². The van der Waals surface area contributed by atoms with Gasteiger partial charge in [0.15, 0.2) is 0 Å². The molecule has 0 aromatic heterocycles. The molecule has 0 aromatic carbocycles. The van der Waals surface area contributed by atoms with Crippen molar-refractivity contribution in [3.63, 3.8) is 0 Å². The van der Waals surface area contributed by atoms with Gasteiger partial charge in [-0.2, -0.15) is 0 Å². The predicted molar refractivity (Wildman–Crippen MR) is 80.3 cm³/mol. The second-order valence-electron chi connectivity index (χ2n) is 5.27. The maximum Gasteiger partial charge on any atom is 0.0872 e. The summed E-state index contributed by atoms with van der Waals surface area (Å²) in [5.41, 5.74) is 1.55. The Morgan fingerprint density at radius 3 is 2.67 bits per heavy atom. The average molecular weight is 247 g/mol. The minimum atomic E-state index is 0.371. The Morgan fingerprint density at radius 2 is 1.94 bits per heavy atom. The Balaban J connectivity index is 2.80. The molecule has 1 rings (SSSR count). The van der Waals surface area contributed by atoms with Crippen molar-refractivity contribution in [2.75, 3.05) is 6.54 Å². The molecule has 1 unspecified atom stereocenters. The molecule has 0 saturated carbocycles. The van der Waals surface area contributed by atoms with Gasteiger partial charge in [-0.3, -0.25) is 0 Å². The van der Waals surface area contributed by atoms with Crippen LogP contribution in [-0.2, 0) is 0 Å². The Kier molecular flexibility index (Phi) is 7.65. The first-order valence-electron chi connectivity index (χ1n) is 7.67. The highest BCUT2D eigenvalue weighted by molar-refractivity contribution is 5.12. The fourth-order valence-electron chi connectivity index (χ4n) is 2.67. The summed E-state index contributed by atoms with van der Waals surface area (Å²) in [5.74, 6) is 6.40. The molecule has 102 valence electrons. The summed E-state index contributed by atoms with van der Waals surface area (Å²) in [4.78, 5) is 2.55. The summed E-state index contributed by atoms with van der Waals surface area (Å²) in [6, 6.07) is 0.371. The second kappa shape index (κ2) is 9.09. The van der Waals surface area contributed by atoms with Gasteiger partial charge in [-0.1, -0.05) is 44.6 Å². The molecule has 0 aliphatic carbocycles. The van der Waals surface area contributed by atoms with Gasteiger partial charge in [0, 0.05) is 12.2 Å². The van der Waals surface area contributed by atoms with Crippen molar-refractivity contribution < 1.29 is 0 Å². The topological polar surface area (TPSA) is 3.24 Å². The zero-order valence-corrected chi connectivity index (χ0v) is 12.5. The largest absolute Gasteiger partial charge is 0.362 e. The van der Waals surface area contributed by atoms with Crippen molar-refractivity contribution in [3.8, 4) is 11.8 Å². The molecule has 0 radical (unpaired) electrons. The van der Waals surface area contributed by atoms with Gasteiger partial charge in [0.2, 0.25) is 0 Å². The van der Waals surface area contributed by atoms with E-state index in [1.807, 2.05) is 6.92 Å². The third kappa shape index (κ3) is 5.17. The Labute approximate surface area is 114 Å². The van der Waals surface area contributed by atoms with E-state index in [0.717, 1.165) is 0 Å². The first-order chi connectivity index (χ1) is 8.79. The van der Waals surface area contributed by atoms with Crippen molar-refractivity contribution in [2.45, 2.75) is 78.2 Å². The molecule has 1 heteroatoms. The molecule has 1 aliphatic heterocycles. The lowest BCUT2D eigenvalue weighted by atomic mass is 10.1. The van der Waals surface area contributed by atoms with Crippen LogP contribution in [0.1, 0.15) is 72.1 Å². The number of hydrogen-bond donors (Lipinski definition) is 0. The van der Waals surface area contributed by atoms with Crippen LogP contribution in [0.2, 0.25) is 0 Å². The lowest BCUT2D eigenvalue weighted by Gasteiger charge is -2.30. The van der Waals surface area contributed by atoms with Crippen LogP contribution in [-0.4, -0.2) is 17.5 Å². The molecule has 0 spiro atoms. The quantitative estimate of drug-likeness (QED) is 0.651. The van der Waals surface area contributed by atoms with Crippen LogP contribution in [0.5, 0.6) is 0 Å². The van der Waals surface area contributed by atoms with Gasteiger partial charge in [0.05, 0.1) is 6.04 Å². The summed E-state index contributed by atoms with van der Waals surface area (Å²) < 4.78 is 0. The summed E-state index contributed by atoms with van der Waals surface area (Å²) in [6.45, 7) is 7.63. The Morgan fingerprint density at radius 1 is 1.22 bits per heavy atom. The van der Waals surface area contributed by atoms with Gasteiger partial charge in [-0.15, -0.1) is 5.92 Å². The average Bonchev–Trinajstić information content (AvgIpc) is 2.48. The number of allylic oxidation sites excluding steroid dienone is 2. The molecule has 1 heterocycles. The standard InChI is InChI=1S/C17H29N/c1-4-6-13-17-14-10-8-7-9-11-15-18(17)16(3)12-5-2/h13,16H,4,6-11,14-15H2,1-3H3/b17-13-. The maximum absolute atomic E-state index is 3.33. The Hall–Kier alpha value is -0.900. The molecule has 0 bridgehead atoms. The smallest absolute Gasteiger partial charge is 0.0872 e. The molecule has 1 nitrogen and oxygen atoms in total. The minimum Gasteiger partial charge on any atom is -0.362 e. The zero-order chi connectivity index (χ0) is 13.2. The monoisotopic (exact) mass is 247 g/mol. The SMILES string of the molecule is CC#CC(C)N1CCCCCCC/C1=C/CCC. The third-order valence-electron chi connectivity index (χ3n) is 3.69. The van der Waals surface area contributed by atoms with E-state index in [4.69, 9.17) is 0 Å². The van der Waals surface area contributed by atoms with Crippen LogP contribution in [0, 0.1) is 11.8 Å². The second-order valence-corrected chi connectivity index (χ2v) is 5.27. The van der Waals surface area contributed by atoms with Gasteiger partial charge in [-0.05, 0) is 39.5 Å². The number of unbranched alkanes of at least 4 members (excludes halogenated alkanes) is 1. The highest BCUT2D eigenvalue weighted by Crippen LogP contribution is 2.22. The first kappa shape index (κ1) is 15.2. The van der Waals surface area contributed by atoms with Gasteiger partial charge in [0.25, 0.3) is 0 Å². The molecular formula is C17H29N. The van der Waals surface area contributed by atoms with E-state index in [2.05, 4.69) is 36.7 Å². The normalized spacial score (nSPS) is 21.5. The third-order valence-corrected chi connectivity index (χ3v) is 3.69. The van der Waals surface area contributed by atoms with E-state index in [0.29, 0.717) is 6.04 Å². The van der Waals surface area contributed by atoms with Crippen molar-refractivity contribution in [2.24, 2.45) is 0 Å². The zero-order valence-electron chi connectivity index (χ0n) is 12.5. The van der Waals surface area contributed by atoms with Crippen molar-refractivity contribution in [1.29, 1.82) is 0 Å². The van der Waals surface area contributed by atoms with Gasteiger partial charge < -0.3 is 4.90 Å². The molecule has 0 N–H and O–H groups in total. The fourth-order valence-corrected chi connectivity index (χ4v) is 2.67. The first-order valence-corrected chi connectivity index (χ1v) is 7.67. The number of nitrogens with zero attached hydrogens (tertiary/aromatic N) is 1. The van der Waals surface area contributed by atoms with E-state index in [-0.39, 0.29) is 0 Å². The van der Waals surface area contributed by atoms with Crippen LogP contribution in [0.25, 0.3) is 0 Å². The molecule has 18 heavy (non-hydrogen) atoms. The lowest BCUT2D eigenvalue weighted by Crippen LogP contribution is -2.32. The Bertz CT molecular complexity index is 305. The lowest BCUT2D eigenvalue weighted by molar-refractivity contribution is 0.299. The number of rotatable bonds is 3. The molecule has 1 saturated heterocycles. The van der Waals surface area contributed by atoms with E-state index < -0.39 is 0 Å². The molecule has 0 aromatic rings. The molecular weight excluding hydrogens is 218 g/mol. The summed E-state index contributed by atoms with van der Waals surface area (Å²) in [7, 11) is 0. The van der Waals surface area contributed by atoms with Crippen LogP contribution in [0.4, 0.5) is 0 Å². The molecule has 1 atom stereocenters. The highest BCUT2D eigenvalue weighted by atomic mass is 15.2. The van der Waals surface area contributed by atoms with Crippen LogP contribution >= 0.6 is 0 Å².